The van der Waals surface area contributed by atoms with Crippen molar-refractivity contribution in [2.45, 2.75) is 26.9 Å². The van der Waals surface area contributed by atoms with Crippen LogP contribution in [0.1, 0.15) is 32.4 Å². The van der Waals surface area contributed by atoms with E-state index >= 15 is 0 Å². The van der Waals surface area contributed by atoms with Crippen LogP contribution in [0.25, 0.3) is 10.8 Å². The van der Waals surface area contributed by atoms with Crippen molar-refractivity contribution in [2.24, 2.45) is 5.92 Å². The molecule has 18 heavy (non-hydrogen) atoms. The molecule has 0 fully saturated rings. The van der Waals surface area contributed by atoms with E-state index in [1.165, 1.54) is 5.39 Å². The first kappa shape index (κ1) is 12.6. The SMILES string of the molecule is CC(C)C(=O)O[C@H](C)c1cccc2ccccc12. The molecule has 0 N–H and O–H groups in total. The van der Waals surface area contributed by atoms with Crippen LogP contribution in [0.15, 0.2) is 42.5 Å². The molecule has 0 saturated carbocycles. The van der Waals surface area contributed by atoms with E-state index in [4.69, 9.17) is 4.74 Å². The summed E-state index contributed by atoms with van der Waals surface area (Å²) in [5.74, 6) is -0.252. The molecule has 0 bridgehead atoms. The predicted octanol–water partition coefficient (Wildman–Crippen LogP) is 4.10. The molecule has 2 rings (SSSR count). The summed E-state index contributed by atoms with van der Waals surface area (Å²) in [5.41, 5.74) is 1.06. The molecule has 0 spiro atoms. The minimum Gasteiger partial charge on any atom is -0.458 e. The minimum absolute atomic E-state index is 0.0950. The van der Waals surface area contributed by atoms with Gasteiger partial charge in [0.05, 0.1) is 5.92 Å². The molecule has 2 aromatic carbocycles. The van der Waals surface area contributed by atoms with Crippen molar-refractivity contribution < 1.29 is 9.53 Å². The summed E-state index contributed by atoms with van der Waals surface area (Å²) in [6.45, 7) is 5.61. The Bertz CT molecular complexity index is 553. The third-order valence-electron chi connectivity index (χ3n) is 3.03. The van der Waals surface area contributed by atoms with Crippen LogP contribution in [0, 0.1) is 5.92 Å². The van der Waals surface area contributed by atoms with Crippen LogP contribution in [0.3, 0.4) is 0 Å². The van der Waals surface area contributed by atoms with E-state index in [-0.39, 0.29) is 18.0 Å². The van der Waals surface area contributed by atoms with Gasteiger partial charge in [-0.2, -0.15) is 0 Å². The molecule has 2 nitrogen and oxygen atoms in total. The molecule has 0 unspecified atom stereocenters. The Hall–Kier alpha value is -1.83. The number of carbonyl (C=O) groups is 1. The second-order valence-electron chi connectivity index (χ2n) is 4.80. The van der Waals surface area contributed by atoms with Gasteiger partial charge in [-0.3, -0.25) is 4.79 Å². The van der Waals surface area contributed by atoms with Crippen molar-refractivity contribution >= 4 is 16.7 Å². The van der Waals surface area contributed by atoms with Gasteiger partial charge in [-0.25, -0.2) is 0 Å². The number of benzene rings is 2. The summed E-state index contributed by atoms with van der Waals surface area (Å²) in [5, 5.41) is 2.31. The van der Waals surface area contributed by atoms with Crippen LogP contribution in [0.4, 0.5) is 0 Å². The molecule has 0 heterocycles. The van der Waals surface area contributed by atoms with Crippen molar-refractivity contribution in [3.63, 3.8) is 0 Å². The highest BCUT2D eigenvalue weighted by molar-refractivity contribution is 5.86. The number of esters is 1. The zero-order chi connectivity index (χ0) is 13.1. The van der Waals surface area contributed by atoms with Gasteiger partial charge in [0.2, 0.25) is 0 Å². The number of carbonyl (C=O) groups excluding carboxylic acids is 1. The molecule has 0 amide bonds. The lowest BCUT2D eigenvalue weighted by molar-refractivity contribution is -0.152. The van der Waals surface area contributed by atoms with Crippen molar-refractivity contribution in [2.75, 3.05) is 0 Å². The lowest BCUT2D eigenvalue weighted by Crippen LogP contribution is -2.14. The predicted molar refractivity (Wildman–Crippen MR) is 73.3 cm³/mol. The Labute approximate surface area is 108 Å². The Morgan fingerprint density at radius 2 is 1.67 bits per heavy atom. The highest BCUT2D eigenvalue weighted by atomic mass is 16.5. The van der Waals surface area contributed by atoms with Crippen LogP contribution >= 0.6 is 0 Å². The van der Waals surface area contributed by atoms with Gasteiger partial charge in [0.1, 0.15) is 6.10 Å². The number of fused-ring (bicyclic) bond motifs is 1. The van der Waals surface area contributed by atoms with E-state index in [1.54, 1.807) is 0 Å². The summed E-state index contributed by atoms with van der Waals surface area (Å²) in [6, 6.07) is 14.2. The van der Waals surface area contributed by atoms with Gasteiger partial charge in [0.25, 0.3) is 0 Å². The van der Waals surface area contributed by atoms with E-state index in [2.05, 4.69) is 18.2 Å². The zero-order valence-corrected chi connectivity index (χ0v) is 11.0. The molecule has 0 saturated heterocycles. The van der Waals surface area contributed by atoms with Gasteiger partial charge in [-0.1, -0.05) is 56.3 Å². The minimum atomic E-state index is -0.217. The fourth-order valence-electron chi connectivity index (χ4n) is 1.98. The number of rotatable bonds is 3. The van der Waals surface area contributed by atoms with Crippen LogP contribution in [-0.4, -0.2) is 5.97 Å². The number of ether oxygens (including phenoxy) is 1. The fourth-order valence-corrected chi connectivity index (χ4v) is 1.98. The standard InChI is InChI=1S/C16H18O2/c1-11(2)16(17)18-12(3)14-10-6-8-13-7-4-5-9-15(13)14/h4-12H,1-3H3/t12-/m1/s1. The van der Waals surface area contributed by atoms with E-state index in [1.807, 2.05) is 45.0 Å². The van der Waals surface area contributed by atoms with Crippen molar-refractivity contribution in [3.05, 3.63) is 48.0 Å². The van der Waals surface area contributed by atoms with Crippen LogP contribution in [-0.2, 0) is 9.53 Å². The van der Waals surface area contributed by atoms with Gasteiger partial charge < -0.3 is 4.74 Å². The smallest absolute Gasteiger partial charge is 0.308 e. The third-order valence-corrected chi connectivity index (χ3v) is 3.03. The maximum absolute atomic E-state index is 11.6. The largest absolute Gasteiger partial charge is 0.458 e. The van der Waals surface area contributed by atoms with Gasteiger partial charge in [-0.05, 0) is 23.3 Å². The topological polar surface area (TPSA) is 26.3 Å². The van der Waals surface area contributed by atoms with Gasteiger partial charge in [0, 0.05) is 0 Å². The maximum atomic E-state index is 11.6. The highest BCUT2D eigenvalue weighted by Crippen LogP contribution is 2.26. The summed E-state index contributed by atoms with van der Waals surface area (Å²) in [7, 11) is 0. The fraction of sp³-hybridized carbons (Fsp3) is 0.312. The Morgan fingerprint density at radius 3 is 2.39 bits per heavy atom. The first-order valence-corrected chi connectivity index (χ1v) is 6.27. The summed E-state index contributed by atoms with van der Waals surface area (Å²) in [6.07, 6.45) is -0.217. The quantitative estimate of drug-likeness (QED) is 0.757. The number of hydrogen-bond donors (Lipinski definition) is 0. The summed E-state index contributed by atoms with van der Waals surface area (Å²) in [4.78, 5) is 11.6. The molecular formula is C16H18O2. The average Bonchev–Trinajstić information content (AvgIpc) is 2.37. The molecule has 2 aromatic rings. The van der Waals surface area contributed by atoms with Crippen LogP contribution < -0.4 is 0 Å². The monoisotopic (exact) mass is 242 g/mol. The Morgan fingerprint density at radius 1 is 1.00 bits per heavy atom. The van der Waals surface area contributed by atoms with Gasteiger partial charge >= 0.3 is 5.97 Å². The molecule has 0 radical (unpaired) electrons. The average molecular weight is 242 g/mol. The molecule has 0 aliphatic carbocycles. The molecule has 2 heteroatoms. The maximum Gasteiger partial charge on any atom is 0.308 e. The van der Waals surface area contributed by atoms with Crippen molar-refractivity contribution in [3.8, 4) is 0 Å². The third kappa shape index (κ3) is 2.53. The molecule has 0 aliphatic rings. The van der Waals surface area contributed by atoms with E-state index < -0.39 is 0 Å². The highest BCUT2D eigenvalue weighted by Gasteiger charge is 2.16. The van der Waals surface area contributed by atoms with Crippen molar-refractivity contribution in [1.82, 2.24) is 0 Å². The molecular weight excluding hydrogens is 224 g/mol. The van der Waals surface area contributed by atoms with E-state index in [9.17, 15) is 4.79 Å². The first-order valence-electron chi connectivity index (χ1n) is 6.27. The number of hydrogen-bond acceptors (Lipinski definition) is 2. The van der Waals surface area contributed by atoms with E-state index in [0.29, 0.717) is 0 Å². The lowest BCUT2D eigenvalue weighted by Gasteiger charge is -2.17. The van der Waals surface area contributed by atoms with Crippen molar-refractivity contribution in [1.29, 1.82) is 0 Å². The van der Waals surface area contributed by atoms with Gasteiger partial charge in [-0.15, -0.1) is 0 Å². The summed E-state index contributed by atoms with van der Waals surface area (Å²) < 4.78 is 5.47. The molecule has 0 aliphatic heterocycles. The van der Waals surface area contributed by atoms with E-state index in [0.717, 1.165) is 10.9 Å². The first-order chi connectivity index (χ1) is 8.59. The Kier molecular flexibility index (Phi) is 3.66. The molecule has 94 valence electrons. The molecule has 0 aromatic heterocycles. The van der Waals surface area contributed by atoms with Gasteiger partial charge in [0.15, 0.2) is 0 Å². The Balaban J connectivity index is 2.33. The summed E-state index contributed by atoms with van der Waals surface area (Å²) >= 11 is 0. The van der Waals surface area contributed by atoms with Crippen LogP contribution in [0.2, 0.25) is 0 Å². The molecule has 1 atom stereocenters. The van der Waals surface area contributed by atoms with Crippen LogP contribution in [0.5, 0.6) is 0 Å². The lowest BCUT2D eigenvalue weighted by atomic mass is 10.0. The normalized spacial score (nSPS) is 12.7. The second-order valence-corrected chi connectivity index (χ2v) is 4.80. The zero-order valence-electron chi connectivity index (χ0n) is 11.0. The second kappa shape index (κ2) is 5.21.